The third-order valence-corrected chi connectivity index (χ3v) is 8.73. The summed E-state index contributed by atoms with van der Waals surface area (Å²) in [5.41, 5.74) is 1.26. The Bertz CT molecular complexity index is 1230. The molecule has 1 aromatic carbocycles. The summed E-state index contributed by atoms with van der Waals surface area (Å²) in [7, 11) is 0. The van der Waals surface area contributed by atoms with E-state index in [0.29, 0.717) is 23.6 Å². The van der Waals surface area contributed by atoms with Crippen LogP contribution in [0, 0.1) is 5.92 Å². The lowest BCUT2D eigenvalue weighted by Gasteiger charge is -2.33. The Balaban J connectivity index is 0.921. The molecule has 0 spiro atoms. The Morgan fingerprint density at radius 1 is 0.974 bits per heavy atom. The van der Waals surface area contributed by atoms with Gasteiger partial charge in [-0.15, -0.1) is 15.3 Å². The third kappa shape index (κ3) is 6.83. The predicted molar refractivity (Wildman–Crippen MR) is 152 cm³/mol. The lowest BCUT2D eigenvalue weighted by molar-refractivity contribution is -0.117. The Hall–Kier alpha value is -3.31. The number of rotatable bonds is 10. The van der Waals surface area contributed by atoms with E-state index in [2.05, 4.69) is 65.1 Å². The minimum absolute atomic E-state index is 0.0186. The Morgan fingerprint density at radius 3 is 2.62 bits per heavy atom. The summed E-state index contributed by atoms with van der Waals surface area (Å²) >= 11 is 1.39. The first-order valence-corrected chi connectivity index (χ1v) is 14.9. The second-order valence-corrected chi connectivity index (χ2v) is 11.8. The quantitative estimate of drug-likeness (QED) is 0.385. The normalized spacial score (nSPS) is 20.5. The van der Waals surface area contributed by atoms with E-state index in [1.807, 2.05) is 12.1 Å². The summed E-state index contributed by atoms with van der Waals surface area (Å²) in [6, 6.07) is 12.6. The number of amides is 1. The third-order valence-electron chi connectivity index (χ3n) is 7.96. The largest absolute Gasteiger partial charge is 0.490 e. The van der Waals surface area contributed by atoms with E-state index >= 15 is 0 Å². The standard InChI is InChI=1S/C28H36N8O2S/c37-26(31-28-34-33-27(39-28)30-22-12-16-36(19-22)25-9-4-13-29-32-25)17-20-10-14-35(15-11-20)18-21-5-1-2-8-24(21)38-23-6-3-7-23/h1-2,4-5,8-9,13,20,22-23H,3,6-7,10-12,14-19H2,(H,30,33)(H,31,34,37)/t22-/m1/s1. The maximum atomic E-state index is 12.7. The van der Waals surface area contributed by atoms with Gasteiger partial charge in [0.05, 0.1) is 6.10 Å². The summed E-state index contributed by atoms with van der Waals surface area (Å²) in [4.78, 5) is 17.4. The fraction of sp³-hybridized carbons (Fsp3) is 0.536. The molecule has 2 aromatic heterocycles. The van der Waals surface area contributed by atoms with Gasteiger partial charge in [-0.1, -0.05) is 29.5 Å². The number of piperidine rings is 1. The zero-order valence-corrected chi connectivity index (χ0v) is 23.0. The Morgan fingerprint density at radius 2 is 1.82 bits per heavy atom. The summed E-state index contributed by atoms with van der Waals surface area (Å²) < 4.78 is 6.21. The Kier molecular flexibility index (Phi) is 8.15. The van der Waals surface area contributed by atoms with E-state index in [1.54, 1.807) is 6.20 Å². The topological polar surface area (TPSA) is 108 Å². The second kappa shape index (κ2) is 12.3. The van der Waals surface area contributed by atoms with Gasteiger partial charge in [0.2, 0.25) is 16.2 Å². The minimum atomic E-state index is 0.0186. The smallest absolute Gasteiger partial charge is 0.226 e. The van der Waals surface area contributed by atoms with E-state index in [-0.39, 0.29) is 11.9 Å². The van der Waals surface area contributed by atoms with Crippen molar-refractivity contribution >= 4 is 33.3 Å². The number of ether oxygens (including phenoxy) is 1. The number of para-hydroxylation sites is 1. The molecule has 2 aliphatic heterocycles. The van der Waals surface area contributed by atoms with Crippen molar-refractivity contribution in [1.29, 1.82) is 0 Å². The molecule has 206 valence electrons. The SMILES string of the molecule is O=C(CC1CCN(Cc2ccccc2OC2CCC2)CC1)Nc1nnc(N[C@@H]2CCN(c3cccnn3)C2)s1. The van der Waals surface area contributed by atoms with Gasteiger partial charge >= 0.3 is 0 Å². The molecule has 2 N–H and O–H groups in total. The molecule has 10 nitrogen and oxygen atoms in total. The molecule has 0 unspecified atom stereocenters. The van der Waals surface area contributed by atoms with E-state index in [0.717, 1.165) is 68.7 Å². The second-order valence-electron chi connectivity index (χ2n) is 10.8. The number of benzene rings is 1. The molecule has 1 aliphatic carbocycles. The lowest BCUT2D eigenvalue weighted by atomic mass is 9.93. The average molecular weight is 549 g/mol. The minimum Gasteiger partial charge on any atom is -0.490 e. The van der Waals surface area contributed by atoms with Gasteiger partial charge in [-0.25, -0.2) is 0 Å². The van der Waals surface area contributed by atoms with Crippen LogP contribution in [0.4, 0.5) is 16.1 Å². The highest BCUT2D eigenvalue weighted by atomic mass is 32.1. The predicted octanol–water partition coefficient (Wildman–Crippen LogP) is 4.19. The van der Waals surface area contributed by atoms with Crippen molar-refractivity contribution in [1.82, 2.24) is 25.3 Å². The summed E-state index contributed by atoms with van der Waals surface area (Å²) in [6.07, 6.45) is 9.22. The molecule has 1 atom stereocenters. The van der Waals surface area contributed by atoms with Crippen LogP contribution in [-0.4, -0.2) is 69.5 Å². The van der Waals surface area contributed by atoms with Crippen LogP contribution in [0.5, 0.6) is 5.75 Å². The lowest BCUT2D eigenvalue weighted by Crippen LogP contribution is -2.34. The molecular formula is C28H36N8O2S. The van der Waals surface area contributed by atoms with Gasteiger partial charge in [0.25, 0.3) is 0 Å². The van der Waals surface area contributed by atoms with Crippen molar-refractivity contribution in [2.24, 2.45) is 5.92 Å². The molecule has 0 bridgehead atoms. The first-order chi connectivity index (χ1) is 19.2. The van der Waals surface area contributed by atoms with Crippen LogP contribution in [-0.2, 0) is 11.3 Å². The zero-order valence-electron chi connectivity index (χ0n) is 22.2. The van der Waals surface area contributed by atoms with Gasteiger partial charge < -0.3 is 20.3 Å². The van der Waals surface area contributed by atoms with Crippen LogP contribution in [0.2, 0.25) is 0 Å². The molecule has 4 heterocycles. The summed E-state index contributed by atoms with van der Waals surface area (Å²) in [5, 5.41) is 24.3. The molecular weight excluding hydrogens is 512 g/mol. The maximum absolute atomic E-state index is 12.7. The number of nitrogens with zero attached hydrogens (tertiary/aromatic N) is 6. The highest BCUT2D eigenvalue weighted by Gasteiger charge is 2.26. The van der Waals surface area contributed by atoms with Gasteiger partial charge in [0, 0.05) is 43.9 Å². The molecule has 3 aliphatic rings. The number of carbonyl (C=O) groups excluding carboxylic acids is 1. The van der Waals surface area contributed by atoms with Gasteiger partial charge in [0.15, 0.2) is 5.82 Å². The fourth-order valence-corrected chi connectivity index (χ4v) is 6.23. The number of hydrogen-bond donors (Lipinski definition) is 2. The molecule has 3 aromatic rings. The number of hydrogen-bond acceptors (Lipinski definition) is 10. The van der Waals surface area contributed by atoms with Gasteiger partial charge in [-0.3, -0.25) is 9.69 Å². The number of likely N-dealkylation sites (tertiary alicyclic amines) is 1. The Labute approximate surface area is 233 Å². The first kappa shape index (κ1) is 25.9. The van der Waals surface area contributed by atoms with Crippen LogP contribution in [0.3, 0.4) is 0 Å². The zero-order chi connectivity index (χ0) is 26.4. The molecule has 1 saturated carbocycles. The van der Waals surface area contributed by atoms with Crippen molar-refractivity contribution in [2.45, 2.75) is 63.6 Å². The van der Waals surface area contributed by atoms with Crippen LogP contribution >= 0.6 is 11.3 Å². The van der Waals surface area contributed by atoms with Gasteiger partial charge in [-0.2, -0.15) is 5.10 Å². The van der Waals surface area contributed by atoms with E-state index < -0.39 is 0 Å². The van der Waals surface area contributed by atoms with Gasteiger partial charge in [0.1, 0.15) is 5.75 Å². The van der Waals surface area contributed by atoms with E-state index in [1.165, 1.54) is 36.2 Å². The summed E-state index contributed by atoms with van der Waals surface area (Å²) in [6.45, 7) is 4.64. The van der Waals surface area contributed by atoms with E-state index in [9.17, 15) is 4.79 Å². The van der Waals surface area contributed by atoms with Crippen molar-refractivity contribution in [2.75, 3.05) is 41.7 Å². The molecule has 39 heavy (non-hydrogen) atoms. The number of anilines is 3. The van der Waals surface area contributed by atoms with Crippen LogP contribution < -0.4 is 20.3 Å². The fourth-order valence-electron chi connectivity index (χ4n) is 5.49. The van der Waals surface area contributed by atoms with E-state index in [4.69, 9.17) is 4.74 Å². The maximum Gasteiger partial charge on any atom is 0.226 e. The number of nitrogens with one attached hydrogen (secondary N) is 2. The van der Waals surface area contributed by atoms with Crippen LogP contribution in [0.15, 0.2) is 42.6 Å². The van der Waals surface area contributed by atoms with Crippen molar-refractivity contribution < 1.29 is 9.53 Å². The summed E-state index contributed by atoms with van der Waals surface area (Å²) in [5.74, 6) is 2.33. The van der Waals surface area contributed by atoms with Crippen LogP contribution in [0.25, 0.3) is 0 Å². The highest BCUT2D eigenvalue weighted by molar-refractivity contribution is 7.19. The van der Waals surface area contributed by atoms with Crippen molar-refractivity contribution in [3.05, 3.63) is 48.2 Å². The molecule has 11 heteroatoms. The average Bonchev–Trinajstić information content (AvgIpc) is 3.58. The molecule has 1 amide bonds. The number of aromatic nitrogens is 4. The van der Waals surface area contributed by atoms with Crippen molar-refractivity contribution in [3.8, 4) is 5.75 Å². The van der Waals surface area contributed by atoms with Gasteiger partial charge in [-0.05, 0) is 75.7 Å². The molecule has 3 fully saturated rings. The number of carbonyl (C=O) groups is 1. The molecule has 6 rings (SSSR count). The van der Waals surface area contributed by atoms with Crippen molar-refractivity contribution in [3.63, 3.8) is 0 Å². The molecule has 2 saturated heterocycles. The molecule has 0 radical (unpaired) electrons. The highest BCUT2D eigenvalue weighted by Crippen LogP contribution is 2.30. The van der Waals surface area contributed by atoms with Crippen LogP contribution in [0.1, 0.15) is 50.5 Å². The first-order valence-electron chi connectivity index (χ1n) is 14.1. The monoisotopic (exact) mass is 548 g/mol.